The van der Waals surface area contributed by atoms with Gasteiger partial charge < -0.3 is 10.6 Å². The summed E-state index contributed by atoms with van der Waals surface area (Å²) in [6.45, 7) is 3.91. The Morgan fingerprint density at radius 2 is 2.12 bits per heavy atom. The van der Waals surface area contributed by atoms with Gasteiger partial charge in [0.25, 0.3) is 0 Å². The van der Waals surface area contributed by atoms with Crippen molar-refractivity contribution in [2.24, 2.45) is 0 Å². The molecule has 0 spiro atoms. The van der Waals surface area contributed by atoms with Crippen LogP contribution in [0.5, 0.6) is 0 Å². The molecule has 0 aliphatic carbocycles. The summed E-state index contributed by atoms with van der Waals surface area (Å²) >= 11 is 1.11. The number of benzene rings is 1. The minimum Gasteiger partial charge on any atom is -0.354 e. The number of hydrogen-bond donors (Lipinski definition) is 2. The molecule has 0 saturated heterocycles. The Bertz CT molecular complexity index is 634. The number of alkyl halides is 3. The first-order chi connectivity index (χ1) is 11.2. The Labute approximate surface area is 142 Å². The molecule has 1 aliphatic rings. The fourth-order valence-corrected chi connectivity index (χ4v) is 3.56. The lowest BCUT2D eigenvalue weighted by Gasteiger charge is -2.25. The number of fused-ring (bicyclic) bond motifs is 1. The van der Waals surface area contributed by atoms with Gasteiger partial charge in [0, 0.05) is 17.4 Å². The van der Waals surface area contributed by atoms with Gasteiger partial charge in [-0.3, -0.25) is 9.59 Å². The second-order valence-corrected chi connectivity index (χ2v) is 7.01. The number of carbonyl (C=O) groups is 2. The largest absolute Gasteiger partial charge is 0.416 e. The summed E-state index contributed by atoms with van der Waals surface area (Å²) in [4.78, 5) is 24.6. The molecule has 0 bridgehead atoms. The average molecular weight is 360 g/mol. The minimum absolute atomic E-state index is 0.00891. The van der Waals surface area contributed by atoms with E-state index in [0.717, 1.165) is 36.7 Å². The van der Waals surface area contributed by atoms with Crippen molar-refractivity contribution < 1.29 is 22.8 Å². The molecule has 24 heavy (non-hydrogen) atoms. The third kappa shape index (κ3) is 4.66. The van der Waals surface area contributed by atoms with Crippen molar-refractivity contribution in [2.75, 3.05) is 5.32 Å². The van der Waals surface area contributed by atoms with Crippen LogP contribution in [0.25, 0.3) is 0 Å². The molecule has 0 saturated carbocycles. The van der Waals surface area contributed by atoms with Gasteiger partial charge in [-0.25, -0.2) is 0 Å². The fraction of sp³-hybridized carbons (Fsp3) is 0.500. The van der Waals surface area contributed by atoms with Crippen LogP contribution in [0.1, 0.15) is 38.7 Å². The average Bonchev–Trinajstić information content (AvgIpc) is 2.46. The lowest BCUT2D eigenvalue weighted by Crippen LogP contribution is -2.38. The zero-order valence-electron chi connectivity index (χ0n) is 13.4. The predicted octanol–water partition coefficient (Wildman–Crippen LogP) is 3.81. The maximum atomic E-state index is 12.7. The van der Waals surface area contributed by atoms with Crippen LogP contribution in [0.15, 0.2) is 23.1 Å². The van der Waals surface area contributed by atoms with E-state index in [0.29, 0.717) is 4.90 Å². The molecule has 0 radical (unpaired) electrons. The van der Waals surface area contributed by atoms with Crippen molar-refractivity contribution in [3.05, 3.63) is 23.8 Å². The van der Waals surface area contributed by atoms with Crippen LogP contribution in [0.3, 0.4) is 0 Å². The van der Waals surface area contributed by atoms with Crippen LogP contribution >= 0.6 is 11.8 Å². The summed E-state index contributed by atoms with van der Waals surface area (Å²) in [5.74, 6) is -0.691. The second kappa shape index (κ2) is 7.46. The zero-order valence-corrected chi connectivity index (χ0v) is 14.2. The lowest BCUT2D eigenvalue weighted by atomic mass is 10.1. The molecule has 132 valence electrons. The Morgan fingerprint density at radius 1 is 1.42 bits per heavy atom. The van der Waals surface area contributed by atoms with Gasteiger partial charge in [-0.05, 0) is 31.5 Å². The molecular weight excluding hydrogens is 341 g/mol. The first kappa shape index (κ1) is 18.6. The highest BCUT2D eigenvalue weighted by atomic mass is 32.2. The monoisotopic (exact) mass is 360 g/mol. The summed E-state index contributed by atoms with van der Waals surface area (Å²) in [7, 11) is 0. The summed E-state index contributed by atoms with van der Waals surface area (Å²) in [5.41, 5.74) is -0.678. The van der Waals surface area contributed by atoms with E-state index in [9.17, 15) is 22.8 Å². The number of hydrogen-bond acceptors (Lipinski definition) is 3. The molecule has 1 aliphatic heterocycles. The van der Waals surface area contributed by atoms with Gasteiger partial charge in [0.1, 0.15) is 0 Å². The summed E-state index contributed by atoms with van der Waals surface area (Å²) in [6.07, 6.45) is -2.69. The van der Waals surface area contributed by atoms with Gasteiger partial charge in [0.05, 0.1) is 16.5 Å². The van der Waals surface area contributed by atoms with Crippen molar-refractivity contribution in [1.82, 2.24) is 5.32 Å². The molecule has 2 N–H and O–H groups in total. The third-order valence-corrected chi connectivity index (χ3v) is 4.90. The van der Waals surface area contributed by atoms with Crippen LogP contribution in [0, 0.1) is 0 Å². The second-order valence-electron chi connectivity index (χ2n) is 5.77. The molecule has 1 aromatic rings. The van der Waals surface area contributed by atoms with Crippen LogP contribution in [-0.2, 0) is 15.8 Å². The van der Waals surface area contributed by atoms with Gasteiger partial charge >= 0.3 is 6.18 Å². The Morgan fingerprint density at radius 3 is 2.75 bits per heavy atom. The number of nitrogens with one attached hydrogen (secondary N) is 2. The first-order valence-corrected chi connectivity index (χ1v) is 8.56. The van der Waals surface area contributed by atoms with Crippen LogP contribution in [0.4, 0.5) is 18.9 Å². The summed E-state index contributed by atoms with van der Waals surface area (Å²) < 4.78 is 38.1. The fourth-order valence-electron chi connectivity index (χ4n) is 2.47. The van der Waals surface area contributed by atoms with E-state index < -0.39 is 22.9 Å². The Kier molecular flexibility index (Phi) is 5.79. The third-order valence-electron chi connectivity index (χ3n) is 3.63. The number of amides is 2. The molecule has 8 heteroatoms. The van der Waals surface area contributed by atoms with Crippen molar-refractivity contribution in [3.8, 4) is 0 Å². The van der Waals surface area contributed by atoms with E-state index in [2.05, 4.69) is 10.6 Å². The van der Waals surface area contributed by atoms with E-state index in [1.54, 1.807) is 0 Å². The molecule has 2 rings (SSSR count). The van der Waals surface area contributed by atoms with E-state index in [1.807, 2.05) is 13.8 Å². The van der Waals surface area contributed by atoms with Gasteiger partial charge in [-0.2, -0.15) is 13.2 Å². The number of thioether (sulfide) groups is 1. The Balaban J connectivity index is 2.05. The van der Waals surface area contributed by atoms with Gasteiger partial charge in [0.2, 0.25) is 11.8 Å². The SMILES string of the molecule is CCC[C@@H](C)NC(=O)C[C@H]1Sc2ccc(C(F)(F)F)cc2NC1=O. The predicted molar refractivity (Wildman–Crippen MR) is 86.8 cm³/mol. The highest BCUT2D eigenvalue weighted by molar-refractivity contribution is 8.01. The van der Waals surface area contributed by atoms with Crippen LogP contribution in [-0.4, -0.2) is 23.1 Å². The maximum Gasteiger partial charge on any atom is 0.416 e. The van der Waals surface area contributed by atoms with Crippen molar-refractivity contribution in [1.29, 1.82) is 0 Å². The molecule has 0 unspecified atom stereocenters. The standard InChI is InChI=1S/C16H19F3N2O2S/c1-3-4-9(2)20-14(22)8-13-15(23)21-11-7-10(16(17,18)19)5-6-12(11)24-13/h5-7,9,13H,3-4,8H2,1-2H3,(H,20,22)(H,21,23)/t9-,13-/m1/s1. The number of carbonyl (C=O) groups excluding carboxylic acids is 2. The molecule has 0 aromatic heterocycles. The molecule has 1 heterocycles. The highest BCUT2D eigenvalue weighted by Crippen LogP contribution is 2.40. The smallest absolute Gasteiger partial charge is 0.354 e. The molecule has 1 aromatic carbocycles. The topological polar surface area (TPSA) is 58.2 Å². The minimum atomic E-state index is -4.46. The van der Waals surface area contributed by atoms with E-state index in [-0.39, 0.29) is 24.1 Å². The molecule has 2 atom stereocenters. The number of anilines is 1. The van der Waals surface area contributed by atoms with Gasteiger partial charge in [-0.15, -0.1) is 11.8 Å². The lowest BCUT2D eigenvalue weighted by molar-refractivity contribution is -0.137. The van der Waals surface area contributed by atoms with Crippen LogP contribution in [0.2, 0.25) is 0 Å². The van der Waals surface area contributed by atoms with Gasteiger partial charge in [-0.1, -0.05) is 13.3 Å². The quantitative estimate of drug-likeness (QED) is 0.839. The molecule has 4 nitrogen and oxygen atoms in total. The van der Waals surface area contributed by atoms with E-state index in [4.69, 9.17) is 0 Å². The van der Waals surface area contributed by atoms with Gasteiger partial charge in [0.15, 0.2) is 0 Å². The molecule has 0 fully saturated rings. The molecule has 2 amide bonds. The van der Waals surface area contributed by atoms with Crippen LogP contribution < -0.4 is 10.6 Å². The maximum absolute atomic E-state index is 12.7. The number of halogens is 3. The highest BCUT2D eigenvalue weighted by Gasteiger charge is 2.34. The number of rotatable bonds is 5. The summed E-state index contributed by atoms with van der Waals surface area (Å²) in [6, 6.07) is 3.25. The van der Waals surface area contributed by atoms with E-state index >= 15 is 0 Å². The zero-order chi connectivity index (χ0) is 17.9. The Hall–Kier alpha value is -1.70. The van der Waals surface area contributed by atoms with Crippen molar-refractivity contribution in [3.63, 3.8) is 0 Å². The summed E-state index contributed by atoms with van der Waals surface area (Å²) in [5, 5.41) is 4.64. The van der Waals surface area contributed by atoms with Crippen molar-refractivity contribution >= 4 is 29.3 Å². The van der Waals surface area contributed by atoms with Crippen molar-refractivity contribution in [2.45, 2.75) is 55.5 Å². The normalized spacial score (nSPS) is 18.5. The first-order valence-electron chi connectivity index (χ1n) is 7.68. The molecular formula is C16H19F3N2O2S. The van der Waals surface area contributed by atoms with E-state index in [1.165, 1.54) is 6.07 Å².